The van der Waals surface area contributed by atoms with Gasteiger partial charge in [0.2, 0.25) is 0 Å². The summed E-state index contributed by atoms with van der Waals surface area (Å²) in [5, 5.41) is 3.00. The van der Waals surface area contributed by atoms with Gasteiger partial charge in [-0.15, -0.1) is 0 Å². The predicted octanol–water partition coefficient (Wildman–Crippen LogP) is 3.27. The van der Waals surface area contributed by atoms with Crippen LogP contribution in [0, 0.1) is 0 Å². The Hall–Kier alpha value is -3.75. The van der Waals surface area contributed by atoms with Crippen molar-refractivity contribution in [2.45, 2.75) is 25.8 Å². The van der Waals surface area contributed by atoms with E-state index in [1.165, 1.54) is 19.2 Å². The largest absolute Gasteiger partial charge is 0.513 e. The van der Waals surface area contributed by atoms with E-state index >= 15 is 0 Å². The monoisotopic (exact) mass is 456 g/mol. The summed E-state index contributed by atoms with van der Waals surface area (Å²) in [4.78, 5) is 38.6. The molecule has 1 fully saturated rings. The molecule has 33 heavy (non-hydrogen) atoms. The molecule has 0 radical (unpaired) electrons. The fourth-order valence-corrected chi connectivity index (χ4v) is 3.57. The quantitative estimate of drug-likeness (QED) is 0.504. The third-order valence-electron chi connectivity index (χ3n) is 5.33. The van der Waals surface area contributed by atoms with Crippen LogP contribution in [0.4, 0.5) is 4.79 Å². The number of nitrogens with zero attached hydrogens (tertiary/aromatic N) is 1. The van der Waals surface area contributed by atoms with Gasteiger partial charge in [0, 0.05) is 30.3 Å². The molecule has 0 bridgehead atoms. The van der Waals surface area contributed by atoms with Crippen molar-refractivity contribution < 1.29 is 33.3 Å². The van der Waals surface area contributed by atoms with Gasteiger partial charge >= 0.3 is 6.16 Å². The number of ether oxygens (including phenoxy) is 4. The van der Waals surface area contributed by atoms with Gasteiger partial charge in [-0.1, -0.05) is 0 Å². The molecule has 2 aromatic rings. The summed E-state index contributed by atoms with van der Waals surface area (Å²) in [5.74, 6) is 1.06. The van der Waals surface area contributed by atoms with Crippen molar-refractivity contribution in [1.29, 1.82) is 0 Å². The average Bonchev–Trinajstić information content (AvgIpc) is 2.84. The lowest BCUT2D eigenvalue weighted by atomic mass is 10.0. The summed E-state index contributed by atoms with van der Waals surface area (Å²) >= 11 is 0. The second-order valence-electron chi connectivity index (χ2n) is 7.42. The molecule has 176 valence electrons. The zero-order valence-corrected chi connectivity index (χ0v) is 19.0. The van der Waals surface area contributed by atoms with E-state index in [1.807, 2.05) is 0 Å². The molecule has 0 unspecified atom stereocenters. The van der Waals surface area contributed by atoms with Crippen LogP contribution in [0.3, 0.4) is 0 Å². The van der Waals surface area contributed by atoms with Gasteiger partial charge in [-0.3, -0.25) is 9.59 Å². The van der Waals surface area contributed by atoms with Crippen LogP contribution >= 0.6 is 0 Å². The number of rotatable bonds is 7. The number of hydrogen-bond acceptors (Lipinski definition) is 7. The van der Waals surface area contributed by atoms with Crippen molar-refractivity contribution in [3.63, 3.8) is 0 Å². The Kier molecular flexibility index (Phi) is 8.12. The predicted molar refractivity (Wildman–Crippen MR) is 120 cm³/mol. The molecule has 1 aliphatic heterocycles. The van der Waals surface area contributed by atoms with Gasteiger partial charge in [0.1, 0.15) is 5.75 Å². The zero-order chi connectivity index (χ0) is 23.8. The first kappa shape index (κ1) is 23.9. The summed E-state index contributed by atoms with van der Waals surface area (Å²) in [6.45, 7) is 2.97. The average molecular weight is 456 g/mol. The minimum Gasteiger partial charge on any atom is -0.493 e. The number of hydrogen-bond donors (Lipinski definition) is 1. The lowest BCUT2D eigenvalue weighted by Crippen LogP contribution is -2.46. The van der Waals surface area contributed by atoms with Gasteiger partial charge in [-0.25, -0.2) is 4.79 Å². The molecule has 0 saturated carbocycles. The summed E-state index contributed by atoms with van der Waals surface area (Å²) < 4.78 is 20.2. The van der Waals surface area contributed by atoms with Crippen molar-refractivity contribution >= 4 is 18.0 Å². The maximum atomic E-state index is 12.9. The Morgan fingerprint density at radius 3 is 2.18 bits per heavy atom. The Balaban J connectivity index is 1.51. The Morgan fingerprint density at radius 2 is 1.58 bits per heavy atom. The van der Waals surface area contributed by atoms with E-state index in [-0.39, 0.29) is 24.5 Å². The van der Waals surface area contributed by atoms with Crippen LogP contribution in [0.25, 0.3) is 0 Å². The van der Waals surface area contributed by atoms with Gasteiger partial charge in [-0.2, -0.15) is 0 Å². The second-order valence-corrected chi connectivity index (χ2v) is 7.42. The summed E-state index contributed by atoms with van der Waals surface area (Å²) in [6, 6.07) is 11.3. The molecule has 0 atom stereocenters. The molecule has 2 aromatic carbocycles. The maximum Gasteiger partial charge on any atom is 0.513 e. The molecule has 1 heterocycles. The van der Waals surface area contributed by atoms with E-state index in [0.29, 0.717) is 54.3 Å². The van der Waals surface area contributed by atoms with Crippen LogP contribution in [0.15, 0.2) is 42.5 Å². The van der Waals surface area contributed by atoms with E-state index in [1.54, 1.807) is 49.3 Å². The molecule has 0 aromatic heterocycles. The fraction of sp³-hybridized carbons (Fsp3) is 0.375. The molecular formula is C24H28N2O7. The summed E-state index contributed by atoms with van der Waals surface area (Å²) in [7, 11) is 3.07. The van der Waals surface area contributed by atoms with E-state index in [4.69, 9.17) is 18.9 Å². The van der Waals surface area contributed by atoms with Gasteiger partial charge < -0.3 is 29.2 Å². The molecule has 1 saturated heterocycles. The zero-order valence-electron chi connectivity index (χ0n) is 19.0. The standard InChI is InChI=1S/C24H28N2O7/c1-4-32-24(29)33-19-8-5-16(6-9-19)22(27)25-18-11-13-26(14-12-18)23(28)17-7-10-20(30-2)21(15-17)31-3/h5-10,15,18H,4,11-14H2,1-3H3,(H,25,27). The first-order valence-electron chi connectivity index (χ1n) is 10.7. The van der Waals surface area contributed by atoms with Crippen LogP contribution in [0.1, 0.15) is 40.5 Å². The van der Waals surface area contributed by atoms with Gasteiger partial charge in [0.25, 0.3) is 11.8 Å². The number of piperidine rings is 1. The number of likely N-dealkylation sites (tertiary alicyclic amines) is 1. The summed E-state index contributed by atoms with van der Waals surface area (Å²) in [5.41, 5.74) is 0.982. The van der Waals surface area contributed by atoms with Gasteiger partial charge in [0.05, 0.1) is 20.8 Å². The molecule has 1 N–H and O–H groups in total. The highest BCUT2D eigenvalue weighted by Gasteiger charge is 2.25. The van der Waals surface area contributed by atoms with E-state index in [0.717, 1.165) is 0 Å². The molecule has 0 aliphatic carbocycles. The number of benzene rings is 2. The lowest BCUT2D eigenvalue weighted by Gasteiger charge is -2.32. The normalized spacial score (nSPS) is 13.7. The molecule has 9 heteroatoms. The van der Waals surface area contributed by atoms with Crippen LogP contribution < -0.4 is 19.5 Å². The molecular weight excluding hydrogens is 428 g/mol. The van der Waals surface area contributed by atoms with Crippen molar-refractivity contribution in [2.24, 2.45) is 0 Å². The fourth-order valence-electron chi connectivity index (χ4n) is 3.57. The minimum absolute atomic E-state index is 0.0394. The Labute approximate surface area is 192 Å². The van der Waals surface area contributed by atoms with Crippen molar-refractivity contribution in [2.75, 3.05) is 33.9 Å². The van der Waals surface area contributed by atoms with Crippen molar-refractivity contribution in [3.05, 3.63) is 53.6 Å². The summed E-state index contributed by atoms with van der Waals surface area (Å²) in [6.07, 6.45) is 0.507. The first-order valence-corrected chi connectivity index (χ1v) is 10.7. The second kappa shape index (κ2) is 11.2. The van der Waals surface area contributed by atoms with Crippen molar-refractivity contribution in [3.8, 4) is 17.2 Å². The Bertz CT molecular complexity index is 983. The van der Waals surface area contributed by atoms with E-state index < -0.39 is 6.16 Å². The molecule has 0 spiro atoms. The maximum absolute atomic E-state index is 12.9. The SMILES string of the molecule is CCOC(=O)Oc1ccc(C(=O)NC2CCN(C(=O)c3ccc(OC)c(OC)c3)CC2)cc1. The smallest absolute Gasteiger partial charge is 0.493 e. The lowest BCUT2D eigenvalue weighted by molar-refractivity contribution is 0.0697. The minimum atomic E-state index is -0.788. The topological polar surface area (TPSA) is 103 Å². The highest BCUT2D eigenvalue weighted by Crippen LogP contribution is 2.28. The number of amides is 2. The third-order valence-corrected chi connectivity index (χ3v) is 5.33. The molecule has 3 rings (SSSR count). The number of carbonyl (C=O) groups excluding carboxylic acids is 3. The van der Waals surface area contributed by atoms with E-state index in [2.05, 4.69) is 5.32 Å². The Morgan fingerprint density at radius 1 is 0.939 bits per heavy atom. The highest BCUT2D eigenvalue weighted by molar-refractivity contribution is 5.95. The number of methoxy groups -OCH3 is 2. The van der Waals surface area contributed by atoms with Gasteiger partial charge in [0.15, 0.2) is 11.5 Å². The first-order chi connectivity index (χ1) is 15.9. The molecule has 2 amide bonds. The van der Waals surface area contributed by atoms with Crippen LogP contribution in [0.5, 0.6) is 17.2 Å². The van der Waals surface area contributed by atoms with Crippen molar-refractivity contribution in [1.82, 2.24) is 10.2 Å². The van der Waals surface area contributed by atoms with Crippen LogP contribution in [-0.4, -0.2) is 62.8 Å². The van der Waals surface area contributed by atoms with E-state index in [9.17, 15) is 14.4 Å². The van der Waals surface area contributed by atoms with Gasteiger partial charge in [-0.05, 0) is 62.2 Å². The highest BCUT2D eigenvalue weighted by atomic mass is 16.7. The van der Waals surface area contributed by atoms with Crippen LogP contribution in [-0.2, 0) is 4.74 Å². The number of carbonyl (C=O) groups is 3. The number of nitrogens with one attached hydrogen (secondary N) is 1. The molecule has 1 aliphatic rings. The van der Waals surface area contributed by atoms with Crippen LogP contribution in [0.2, 0.25) is 0 Å². The third kappa shape index (κ3) is 6.15. The molecule has 9 nitrogen and oxygen atoms in total.